The third kappa shape index (κ3) is 4.20. The van der Waals surface area contributed by atoms with E-state index in [9.17, 15) is 14.4 Å². The van der Waals surface area contributed by atoms with E-state index in [4.69, 9.17) is 21.1 Å². The second kappa shape index (κ2) is 8.37. The van der Waals surface area contributed by atoms with Crippen LogP contribution >= 0.6 is 11.6 Å². The van der Waals surface area contributed by atoms with E-state index in [0.717, 1.165) is 0 Å². The largest absolute Gasteiger partial charge is 0.465 e. The highest BCUT2D eigenvalue weighted by Gasteiger charge is 2.58. The maximum Gasteiger partial charge on any atom is 0.321 e. The summed E-state index contributed by atoms with van der Waals surface area (Å²) < 4.78 is 10.7. The van der Waals surface area contributed by atoms with Gasteiger partial charge in [-0.05, 0) is 50.6 Å². The number of cyclic esters (lactones) is 1. The van der Waals surface area contributed by atoms with Crippen LogP contribution in [-0.2, 0) is 19.1 Å². The minimum Gasteiger partial charge on any atom is -0.465 e. The molecule has 1 fully saturated rings. The Morgan fingerprint density at radius 1 is 1.10 bits per heavy atom. The summed E-state index contributed by atoms with van der Waals surface area (Å²) in [5.41, 5.74) is 0.121. The lowest BCUT2D eigenvalue weighted by Crippen LogP contribution is -2.41. The third-order valence-corrected chi connectivity index (χ3v) is 5.50. The first kappa shape index (κ1) is 21.1. The standard InChI is InChI=1S/C23H23ClO5/c1-4-28-21(26)18-19(23(2,3)29-22(18)27)17(14-8-6-5-7-9-14)20(25)15-10-12-16(24)13-11-15/h5-13,17-19H,4H2,1-3H3/t17-,18-,19+/m1/s1. The van der Waals surface area contributed by atoms with Crippen molar-refractivity contribution in [3.05, 3.63) is 70.7 Å². The van der Waals surface area contributed by atoms with Gasteiger partial charge in [-0.3, -0.25) is 14.4 Å². The van der Waals surface area contributed by atoms with Gasteiger partial charge in [0.05, 0.1) is 12.5 Å². The molecule has 1 heterocycles. The van der Waals surface area contributed by atoms with Crippen molar-refractivity contribution in [2.24, 2.45) is 11.8 Å². The smallest absolute Gasteiger partial charge is 0.321 e. The van der Waals surface area contributed by atoms with Gasteiger partial charge in [0.2, 0.25) is 0 Å². The highest BCUT2D eigenvalue weighted by Crippen LogP contribution is 2.47. The average Bonchev–Trinajstić information content (AvgIpc) is 2.92. The fraction of sp³-hybridized carbons (Fsp3) is 0.348. The van der Waals surface area contributed by atoms with Crippen molar-refractivity contribution in [2.45, 2.75) is 32.3 Å². The van der Waals surface area contributed by atoms with Gasteiger partial charge in [-0.2, -0.15) is 0 Å². The van der Waals surface area contributed by atoms with Crippen LogP contribution in [0.5, 0.6) is 0 Å². The van der Waals surface area contributed by atoms with E-state index in [2.05, 4.69) is 0 Å². The van der Waals surface area contributed by atoms with E-state index in [1.165, 1.54) is 0 Å². The minimum absolute atomic E-state index is 0.136. The molecular weight excluding hydrogens is 392 g/mol. The van der Waals surface area contributed by atoms with Crippen LogP contribution in [0.4, 0.5) is 0 Å². The molecule has 5 nitrogen and oxygen atoms in total. The van der Waals surface area contributed by atoms with Crippen LogP contribution in [0, 0.1) is 11.8 Å². The Morgan fingerprint density at radius 2 is 1.72 bits per heavy atom. The SMILES string of the molecule is CCOC(=O)[C@@H]1C(=O)OC(C)(C)[C@H]1[C@H](C(=O)c1ccc(Cl)cc1)c1ccccc1. The van der Waals surface area contributed by atoms with E-state index < -0.39 is 35.3 Å². The number of hydrogen-bond acceptors (Lipinski definition) is 5. The first-order valence-corrected chi connectivity index (χ1v) is 9.88. The predicted molar refractivity (Wildman–Crippen MR) is 109 cm³/mol. The number of rotatable bonds is 6. The summed E-state index contributed by atoms with van der Waals surface area (Å²) in [6.07, 6.45) is 0. The molecule has 0 N–H and O–H groups in total. The van der Waals surface area contributed by atoms with Gasteiger partial charge in [0.1, 0.15) is 5.60 Å². The van der Waals surface area contributed by atoms with Crippen molar-refractivity contribution >= 4 is 29.3 Å². The Morgan fingerprint density at radius 3 is 2.31 bits per heavy atom. The molecule has 1 aliphatic rings. The first-order chi connectivity index (χ1) is 13.8. The first-order valence-electron chi connectivity index (χ1n) is 9.50. The molecule has 0 aliphatic carbocycles. The molecule has 2 aromatic carbocycles. The van der Waals surface area contributed by atoms with Crippen molar-refractivity contribution in [3.63, 3.8) is 0 Å². The number of hydrogen-bond donors (Lipinski definition) is 0. The Labute approximate surface area is 175 Å². The fourth-order valence-electron chi connectivity index (χ4n) is 3.98. The molecule has 0 radical (unpaired) electrons. The van der Waals surface area contributed by atoms with Gasteiger partial charge in [0, 0.05) is 16.5 Å². The van der Waals surface area contributed by atoms with Gasteiger partial charge in [-0.1, -0.05) is 41.9 Å². The molecule has 3 atom stereocenters. The Hall–Kier alpha value is -2.66. The lowest BCUT2D eigenvalue weighted by atomic mass is 9.69. The highest BCUT2D eigenvalue weighted by atomic mass is 35.5. The zero-order chi connectivity index (χ0) is 21.2. The molecule has 6 heteroatoms. The summed E-state index contributed by atoms with van der Waals surface area (Å²) in [5.74, 6) is -4.21. The Bertz CT molecular complexity index is 905. The summed E-state index contributed by atoms with van der Waals surface area (Å²) in [4.78, 5) is 38.8. The van der Waals surface area contributed by atoms with Crippen LogP contribution in [0.1, 0.15) is 42.6 Å². The van der Waals surface area contributed by atoms with Crippen LogP contribution < -0.4 is 0 Å². The van der Waals surface area contributed by atoms with Gasteiger partial charge in [0.25, 0.3) is 0 Å². The molecule has 3 rings (SSSR count). The quantitative estimate of drug-likeness (QED) is 0.397. The Kier molecular flexibility index (Phi) is 6.08. The van der Waals surface area contributed by atoms with Gasteiger partial charge < -0.3 is 9.47 Å². The number of halogens is 1. The Balaban J connectivity index is 2.13. The normalized spacial score (nSPS) is 21.3. The molecule has 0 saturated carbocycles. The van der Waals surface area contributed by atoms with Crippen LogP contribution in [0.3, 0.4) is 0 Å². The van der Waals surface area contributed by atoms with Crippen LogP contribution in [0.2, 0.25) is 5.02 Å². The van der Waals surface area contributed by atoms with Crippen molar-refractivity contribution in [2.75, 3.05) is 6.61 Å². The highest BCUT2D eigenvalue weighted by molar-refractivity contribution is 6.30. The van der Waals surface area contributed by atoms with Crippen molar-refractivity contribution in [3.8, 4) is 0 Å². The summed E-state index contributed by atoms with van der Waals surface area (Å²) in [6, 6.07) is 15.7. The van der Waals surface area contributed by atoms with E-state index in [1.807, 2.05) is 30.3 Å². The van der Waals surface area contributed by atoms with E-state index in [0.29, 0.717) is 16.1 Å². The number of benzene rings is 2. The number of ketones is 1. The monoisotopic (exact) mass is 414 g/mol. The van der Waals surface area contributed by atoms with E-state index >= 15 is 0 Å². The number of ether oxygens (including phenoxy) is 2. The van der Waals surface area contributed by atoms with E-state index in [-0.39, 0.29) is 12.4 Å². The van der Waals surface area contributed by atoms with Gasteiger partial charge >= 0.3 is 11.9 Å². The average molecular weight is 415 g/mol. The van der Waals surface area contributed by atoms with Gasteiger partial charge in [-0.15, -0.1) is 0 Å². The van der Waals surface area contributed by atoms with Crippen molar-refractivity contribution in [1.82, 2.24) is 0 Å². The van der Waals surface area contributed by atoms with Crippen LogP contribution in [-0.4, -0.2) is 29.9 Å². The predicted octanol–water partition coefficient (Wildman–Crippen LogP) is 4.44. The molecule has 0 spiro atoms. The molecule has 0 amide bonds. The van der Waals surface area contributed by atoms with Gasteiger partial charge in [-0.25, -0.2) is 0 Å². The number of Topliss-reactive ketones (excluding diaryl/α,β-unsaturated/α-hetero) is 1. The molecular formula is C23H23ClO5. The summed E-state index contributed by atoms with van der Waals surface area (Å²) in [5, 5.41) is 0.516. The van der Waals surface area contributed by atoms with Crippen LogP contribution in [0.25, 0.3) is 0 Å². The van der Waals surface area contributed by atoms with Gasteiger partial charge in [0.15, 0.2) is 11.7 Å². The molecule has 152 valence electrons. The number of carbonyl (C=O) groups excluding carboxylic acids is 3. The summed E-state index contributed by atoms with van der Waals surface area (Å²) >= 11 is 5.97. The molecule has 2 aromatic rings. The lowest BCUT2D eigenvalue weighted by molar-refractivity contribution is -0.157. The molecule has 29 heavy (non-hydrogen) atoms. The molecule has 0 aromatic heterocycles. The zero-order valence-electron chi connectivity index (χ0n) is 16.6. The van der Waals surface area contributed by atoms with Crippen LogP contribution in [0.15, 0.2) is 54.6 Å². The molecule has 1 saturated heterocycles. The maximum absolute atomic E-state index is 13.6. The number of esters is 2. The topological polar surface area (TPSA) is 69.7 Å². The lowest BCUT2D eigenvalue weighted by Gasteiger charge is -2.33. The van der Waals surface area contributed by atoms with Crippen molar-refractivity contribution < 1.29 is 23.9 Å². The molecule has 0 bridgehead atoms. The summed E-state index contributed by atoms with van der Waals surface area (Å²) in [7, 11) is 0. The summed E-state index contributed by atoms with van der Waals surface area (Å²) in [6.45, 7) is 5.25. The molecule has 0 unspecified atom stereocenters. The fourth-order valence-corrected chi connectivity index (χ4v) is 4.11. The third-order valence-electron chi connectivity index (χ3n) is 5.25. The second-order valence-corrected chi connectivity index (χ2v) is 7.98. The number of carbonyl (C=O) groups is 3. The van der Waals surface area contributed by atoms with E-state index in [1.54, 1.807) is 45.0 Å². The zero-order valence-corrected chi connectivity index (χ0v) is 17.3. The maximum atomic E-state index is 13.6. The van der Waals surface area contributed by atoms with Crippen molar-refractivity contribution in [1.29, 1.82) is 0 Å². The molecule has 1 aliphatic heterocycles. The minimum atomic E-state index is -1.17. The second-order valence-electron chi connectivity index (χ2n) is 7.54.